The largest absolute Gasteiger partial charge is 0.481 e. The van der Waals surface area contributed by atoms with Crippen LogP contribution in [-0.2, 0) is 33.1 Å². The standard InChI is InChI=1S/C24H43BN2O7/c1-16(2)11-20(25-33-19-13-17-12-18(23(17,3)4)24(19,5)34-25)27-21(28)14-26-22(29)15-32-10-9-31-8-7-30-6/h16-20H,7-15H2,1-6H3,(H,26,29)(H,27,28)/t17-,18-,19-,20+,24+/m1/s1. The van der Waals surface area contributed by atoms with E-state index in [2.05, 4.69) is 45.3 Å². The van der Waals surface area contributed by atoms with E-state index in [0.29, 0.717) is 44.2 Å². The second kappa shape index (κ2) is 11.7. The summed E-state index contributed by atoms with van der Waals surface area (Å²) in [7, 11) is 1.13. The molecule has 2 amide bonds. The molecule has 10 heteroatoms. The first-order valence-electron chi connectivity index (χ1n) is 12.6. The quantitative estimate of drug-likeness (QED) is 0.286. The van der Waals surface area contributed by atoms with Gasteiger partial charge in [0.2, 0.25) is 11.8 Å². The van der Waals surface area contributed by atoms with Gasteiger partial charge < -0.3 is 34.2 Å². The molecule has 2 N–H and O–H groups in total. The molecule has 2 bridgehead atoms. The van der Waals surface area contributed by atoms with Gasteiger partial charge in [-0.25, -0.2) is 0 Å². The van der Waals surface area contributed by atoms with Crippen molar-refractivity contribution < 1.29 is 33.1 Å². The average Bonchev–Trinajstić information content (AvgIpc) is 3.13. The zero-order chi connectivity index (χ0) is 24.9. The Kier molecular flexibility index (Phi) is 9.42. The fourth-order valence-corrected chi connectivity index (χ4v) is 5.83. The van der Waals surface area contributed by atoms with Crippen molar-refractivity contribution in [1.82, 2.24) is 10.6 Å². The second-order valence-corrected chi connectivity index (χ2v) is 11.1. The van der Waals surface area contributed by atoms with E-state index in [1.165, 1.54) is 6.42 Å². The molecule has 9 nitrogen and oxygen atoms in total. The van der Waals surface area contributed by atoms with Crippen LogP contribution in [0.1, 0.15) is 53.9 Å². The first-order chi connectivity index (χ1) is 16.1. The van der Waals surface area contributed by atoms with E-state index in [1.54, 1.807) is 7.11 Å². The van der Waals surface area contributed by atoms with Gasteiger partial charge in [-0.3, -0.25) is 9.59 Å². The fourth-order valence-electron chi connectivity index (χ4n) is 5.83. The molecule has 34 heavy (non-hydrogen) atoms. The first kappa shape index (κ1) is 27.4. The van der Waals surface area contributed by atoms with Gasteiger partial charge in [0.05, 0.1) is 50.6 Å². The van der Waals surface area contributed by atoms with Gasteiger partial charge in [-0.2, -0.15) is 0 Å². The molecule has 5 atom stereocenters. The molecule has 0 aromatic carbocycles. The lowest BCUT2D eigenvalue weighted by Gasteiger charge is -2.64. The SMILES string of the molecule is COCCOCCOCC(=O)NCC(=O)N[C@@H](CC(C)C)B1O[C@@H]2C[C@H]3C[C@H](C3(C)C)[C@]2(C)O1. The Morgan fingerprint density at radius 2 is 1.76 bits per heavy atom. The van der Waals surface area contributed by atoms with Crippen LogP contribution in [-0.4, -0.2) is 83.3 Å². The third-order valence-corrected chi connectivity index (χ3v) is 7.85. The molecule has 4 aliphatic rings. The van der Waals surface area contributed by atoms with E-state index < -0.39 is 7.12 Å². The maximum Gasteiger partial charge on any atom is 0.481 e. The van der Waals surface area contributed by atoms with Gasteiger partial charge in [-0.1, -0.05) is 27.7 Å². The average molecular weight is 482 g/mol. The van der Waals surface area contributed by atoms with Crippen LogP contribution < -0.4 is 10.6 Å². The molecule has 0 unspecified atom stereocenters. The maximum absolute atomic E-state index is 12.6. The van der Waals surface area contributed by atoms with Gasteiger partial charge in [0, 0.05) is 7.11 Å². The van der Waals surface area contributed by atoms with E-state index in [9.17, 15) is 9.59 Å². The van der Waals surface area contributed by atoms with Crippen LogP contribution in [0.15, 0.2) is 0 Å². The van der Waals surface area contributed by atoms with Crippen LogP contribution in [0.2, 0.25) is 0 Å². The summed E-state index contributed by atoms with van der Waals surface area (Å²) in [6.07, 6.45) is 2.99. The second-order valence-electron chi connectivity index (χ2n) is 11.1. The van der Waals surface area contributed by atoms with Crippen molar-refractivity contribution in [3.63, 3.8) is 0 Å². The molecule has 3 aliphatic carbocycles. The highest BCUT2D eigenvalue weighted by Crippen LogP contribution is 2.65. The van der Waals surface area contributed by atoms with Crippen molar-refractivity contribution in [3.05, 3.63) is 0 Å². The molecular weight excluding hydrogens is 439 g/mol. The Hall–Kier alpha value is -1.20. The summed E-state index contributed by atoms with van der Waals surface area (Å²) in [5.74, 6) is 0.610. The molecule has 0 spiro atoms. The molecule has 1 saturated heterocycles. The molecular formula is C24H43BN2O7. The van der Waals surface area contributed by atoms with Crippen LogP contribution in [0.25, 0.3) is 0 Å². The highest BCUT2D eigenvalue weighted by atomic mass is 16.7. The third kappa shape index (κ3) is 6.32. The summed E-state index contributed by atoms with van der Waals surface area (Å²) < 4.78 is 28.4. The number of carbonyl (C=O) groups is 2. The van der Waals surface area contributed by atoms with E-state index in [4.69, 9.17) is 23.5 Å². The van der Waals surface area contributed by atoms with Crippen LogP contribution in [0.3, 0.4) is 0 Å². The summed E-state index contributed by atoms with van der Waals surface area (Å²) in [6, 6.07) is 0. The Bertz CT molecular complexity index is 707. The van der Waals surface area contributed by atoms with Gasteiger partial charge in [0.1, 0.15) is 6.61 Å². The van der Waals surface area contributed by atoms with Gasteiger partial charge >= 0.3 is 7.12 Å². The fraction of sp³-hybridized carbons (Fsp3) is 0.917. The molecule has 4 fully saturated rings. The monoisotopic (exact) mass is 482 g/mol. The Labute approximate surface area is 204 Å². The number of ether oxygens (including phenoxy) is 3. The lowest BCUT2D eigenvalue weighted by molar-refractivity contribution is -0.199. The highest BCUT2D eigenvalue weighted by molar-refractivity contribution is 6.47. The highest BCUT2D eigenvalue weighted by Gasteiger charge is 2.68. The van der Waals surface area contributed by atoms with E-state index in [0.717, 1.165) is 12.8 Å². The molecule has 0 aromatic rings. The number of carbonyl (C=O) groups excluding carboxylic acids is 2. The van der Waals surface area contributed by atoms with Crippen LogP contribution in [0, 0.1) is 23.2 Å². The number of amides is 2. The van der Waals surface area contributed by atoms with Crippen LogP contribution in [0.5, 0.6) is 0 Å². The smallest absolute Gasteiger partial charge is 0.404 e. The zero-order valence-corrected chi connectivity index (χ0v) is 21.7. The minimum Gasteiger partial charge on any atom is -0.404 e. The van der Waals surface area contributed by atoms with Gasteiger partial charge in [0.15, 0.2) is 0 Å². The van der Waals surface area contributed by atoms with Crippen molar-refractivity contribution in [1.29, 1.82) is 0 Å². The number of methoxy groups -OCH3 is 1. The van der Waals surface area contributed by atoms with Gasteiger partial charge in [-0.05, 0) is 49.4 Å². The van der Waals surface area contributed by atoms with Crippen molar-refractivity contribution in [2.45, 2.75) is 71.5 Å². The molecule has 194 valence electrons. The van der Waals surface area contributed by atoms with Crippen molar-refractivity contribution in [2.75, 3.05) is 46.7 Å². The van der Waals surface area contributed by atoms with Crippen LogP contribution >= 0.6 is 0 Å². The molecule has 1 aliphatic heterocycles. The summed E-state index contributed by atoms with van der Waals surface area (Å²) in [5.41, 5.74) is -0.0512. The van der Waals surface area contributed by atoms with E-state index >= 15 is 0 Å². The topological polar surface area (TPSA) is 104 Å². The van der Waals surface area contributed by atoms with Gasteiger partial charge in [0.25, 0.3) is 0 Å². The molecule has 4 rings (SSSR count). The number of hydrogen-bond donors (Lipinski definition) is 2. The molecule has 3 saturated carbocycles. The van der Waals surface area contributed by atoms with Crippen molar-refractivity contribution in [2.24, 2.45) is 23.2 Å². The van der Waals surface area contributed by atoms with Crippen LogP contribution in [0.4, 0.5) is 0 Å². The minimum absolute atomic E-state index is 0.0659. The van der Waals surface area contributed by atoms with E-state index in [-0.39, 0.29) is 48.0 Å². The summed E-state index contributed by atoms with van der Waals surface area (Å²) in [4.78, 5) is 24.6. The number of nitrogens with one attached hydrogen (secondary N) is 2. The third-order valence-electron chi connectivity index (χ3n) is 7.85. The number of hydrogen-bond acceptors (Lipinski definition) is 7. The molecule has 0 radical (unpaired) electrons. The summed E-state index contributed by atoms with van der Waals surface area (Å²) in [6.45, 7) is 12.5. The predicted molar refractivity (Wildman–Crippen MR) is 128 cm³/mol. The lowest BCUT2D eigenvalue weighted by Crippen LogP contribution is -2.65. The number of rotatable bonds is 14. The molecule has 1 heterocycles. The zero-order valence-electron chi connectivity index (χ0n) is 21.7. The lowest BCUT2D eigenvalue weighted by atomic mass is 9.43. The Morgan fingerprint density at radius 3 is 2.44 bits per heavy atom. The van der Waals surface area contributed by atoms with Crippen molar-refractivity contribution in [3.8, 4) is 0 Å². The normalized spacial score (nSPS) is 30.0. The van der Waals surface area contributed by atoms with Crippen molar-refractivity contribution >= 4 is 18.9 Å². The predicted octanol–water partition coefficient (Wildman–Crippen LogP) is 1.58. The Balaban J connectivity index is 1.43. The first-order valence-corrected chi connectivity index (χ1v) is 12.6. The summed E-state index contributed by atoms with van der Waals surface area (Å²) in [5, 5.41) is 5.65. The molecule has 0 aromatic heterocycles. The Morgan fingerprint density at radius 1 is 1.06 bits per heavy atom. The van der Waals surface area contributed by atoms with Gasteiger partial charge in [-0.15, -0.1) is 0 Å². The minimum atomic E-state index is -0.478. The maximum atomic E-state index is 12.6. The summed E-state index contributed by atoms with van der Waals surface area (Å²) >= 11 is 0. The van der Waals surface area contributed by atoms with E-state index in [1.807, 2.05) is 0 Å².